The molecule has 3 fully saturated rings. The monoisotopic (exact) mass is 309 g/mol. The first-order valence-electron chi connectivity index (χ1n) is 9.15. The van der Waals surface area contributed by atoms with Crippen molar-refractivity contribution in [3.63, 3.8) is 0 Å². The van der Waals surface area contributed by atoms with Gasteiger partial charge in [-0.2, -0.15) is 0 Å². The van der Waals surface area contributed by atoms with E-state index in [1.807, 2.05) is 7.05 Å². The van der Waals surface area contributed by atoms with Crippen LogP contribution in [0.3, 0.4) is 0 Å². The highest BCUT2D eigenvalue weighted by Gasteiger charge is 2.58. The van der Waals surface area contributed by atoms with E-state index >= 15 is 0 Å². The maximum Gasteiger partial charge on any atom is 0.225 e. The van der Waals surface area contributed by atoms with E-state index in [0.717, 1.165) is 39.1 Å². The molecule has 0 aromatic rings. The van der Waals surface area contributed by atoms with Crippen LogP contribution in [-0.4, -0.2) is 49.8 Å². The van der Waals surface area contributed by atoms with Crippen LogP contribution in [0, 0.1) is 11.3 Å². The van der Waals surface area contributed by atoms with Gasteiger partial charge in [0.25, 0.3) is 0 Å². The lowest BCUT2D eigenvalue weighted by atomic mass is 9.54. The van der Waals surface area contributed by atoms with Crippen LogP contribution in [0.1, 0.15) is 58.3 Å². The molecule has 2 aliphatic carbocycles. The molecular weight excluding hydrogens is 278 g/mol. The third-order valence-corrected chi connectivity index (χ3v) is 6.28. The summed E-state index contributed by atoms with van der Waals surface area (Å²) in [6.45, 7) is 4.35. The van der Waals surface area contributed by atoms with Crippen molar-refractivity contribution in [2.45, 2.75) is 70.4 Å². The second kappa shape index (κ2) is 6.88. The molecule has 0 N–H and O–H groups in total. The molecule has 22 heavy (non-hydrogen) atoms. The van der Waals surface area contributed by atoms with Gasteiger partial charge in [0.1, 0.15) is 0 Å². The predicted octanol–water partition coefficient (Wildman–Crippen LogP) is 3.00. The highest BCUT2D eigenvalue weighted by atomic mass is 16.5. The van der Waals surface area contributed by atoms with E-state index in [1.54, 1.807) is 0 Å². The Morgan fingerprint density at radius 1 is 1.23 bits per heavy atom. The van der Waals surface area contributed by atoms with Crippen LogP contribution in [0.15, 0.2) is 0 Å². The molecule has 126 valence electrons. The molecule has 2 atom stereocenters. The zero-order valence-corrected chi connectivity index (χ0v) is 14.2. The summed E-state index contributed by atoms with van der Waals surface area (Å²) < 4.78 is 11.4. The van der Waals surface area contributed by atoms with Gasteiger partial charge in [0, 0.05) is 44.2 Å². The van der Waals surface area contributed by atoms with Gasteiger partial charge in [-0.3, -0.25) is 4.79 Å². The molecule has 4 nitrogen and oxygen atoms in total. The molecule has 0 aromatic heterocycles. The first-order valence-corrected chi connectivity index (χ1v) is 9.15. The standard InChI is InChI=1S/C18H31NO3/c1-3-22-16-13-15(18(16)9-5-4-6-10-18)19(2)17(20)14-7-11-21-12-8-14/h14-16H,3-13H2,1-2H3/t15-,16+/m0/s1. The number of amides is 1. The zero-order chi connectivity index (χ0) is 15.6. The minimum absolute atomic E-state index is 0.172. The van der Waals surface area contributed by atoms with Crippen molar-refractivity contribution in [1.29, 1.82) is 0 Å². The normalized spacial score (nSPS) is 31.7. The number of nitrogens with zero attached hydrogens (tertiary/aromatic N) is 1. The van der Waals surface area contributed by atoms with E-state index in [9.17, 15) is 4.79 Å². The summed E-state index contributed by atoms with van der Waals surface area (Å²) in [4.78, 5) is 14.9. The van der Waals surface area contributed by atoms with Gasteiger partial charge >= 0.3 is 0 Å². The van der Waals surface area contributed by atoms with E-state index in [2.05, 4.69) is 11.8 Å². The fourth-order valence-corrected chi connectivity index (χ4v) is 4.96. The number of carbonyl (C=O) groups is 1. The minimum Gasteiger partial charge on any atom is -0.381 e. The van der Waals surface area contributed by atoms with Crippen LogP contribution in [-0.2, 0) is 14.3 Å². The molecule has 3 aliphatic rings. The van der Waals surface area contributed by atoms with Crippen molar-refractivity contribution in [3.05, 3.63) is 0 Å². The summed E-state index contributed by atoms with van der Waals surface area (Å²) in [5.41, 5.74) is 0.240. The maximum absolute atomic E-state index is 12.9. The minimum atomic E-state index is 0.172. The highest BCUT2D eigenvalue weighted by Crippen LogP contribution is 2.55. The molecule has 0 aromatic carbocycles. The van der Waals surface area contributed by atoms with Crippen LogP contribution < -0.4 is 0 Å². The maximum atomic E-state index is 12.9. The molecule has 0 radical (unpaired) electrons. The molecule has 2 saturated carbocycles. The van der Waals surface area contributed by atoms with Gasteiger partial charge in [-0.15, -0.1) is 0 Å². The third kappa shape index (κ3) is 2.80. The second-order valence-electron chi connectivity index (χ2n) is 7.33. The number of hydrogen-bond donors (Lipinski definition) is 0. The van der Waals surface area contributed by atoms with Crippen molar-refractivity contribution >= 4 is 5.91 Å². The lowest BCUT2D eigenvalue weighted by molar-refractivity contribution is -0.188. The Bertz CT molecular complexity index is 386. The number of hydrogen-bond acceptors (Lipinski definition) is 3. The number of carbonyl (C=O) groups excluding carboxylic acids is 1. The highest BCUT2D eigenvalue weighted by molar-refractivity contribution is 5.79. The van der Waals surface area contributed by atoms with E-state index in [-0.39, 0.29) is 11.3 Å². The van der Waals surface area contributed by atoms with Gasteiger partial charge < -0.3 is 14.4 Å². The van der Waals surface area contributed by atoms with Crippen molar-refractivity contribution in [2.24, 2.45) is 11.3 Å². The molecule has 1 heterocycles. The Morgan fingerprint density at radius 2 is 1.91 bits per heavy atom. The quantitative estimate of drug-likeness (QED) is 0.801. The van der Waals surface area contributed by atoms with E-state index < -0.39 is 0 Å². The summed E-state index contributed by atoms with van der Waals surface area (Å²) in [7, 11) is 2.03. The number of ether oxygens (including phenoxy) is 2. The molecule has 1 spiro atoms. The fourth-order valence-electron chi connectivity index (χ4n) is 4.96. The summed E-state index contributed by atoms with van der Waals surface area (Å²) in [5.74, 6) is 0.513. The van der Waals surface area contributed by atoms with Crippen molar-refractivity contribution in [3.8, 4) is 0 Å². The molecule has 1 aliphatic heterocycles. The summed E-state index contributed by atoms with van der Waals surface area (Å²) in [5, 5.41) is 0. The van der Waals surface area contributed by atoms with Crippen molar-refractivity contribution < 1.29 is 14.3 Å². The largest absolute Gasteiger partial charge is 0.381 e. The molecule has 4 heteroatoms. The zero-order valence-electron chi connectivity index (χ0n) is 14.2. The van der Waals surface area contributed by atoms with Crippen molar-refractivity contribution in [1.82, 2.24) is 4.90 Å². The third-order valence-electron chi connectivity index (χ3n) is 6.28. The Balaban J connectivity index is 1.68. The van der Waals surface area contributed by atoms with Crippen LogP contribution in [0.25, 0.3) is 0 Å². The summed E-state index contributed by atoms with van der Waals surface area (Å²) in [6.07, 6.45) is 9.55. The molecule has 0 unspecified atom stereocenters. The van der Waals surface area contributed by atoms with E-state index in [4.69, 9.17) is 9.47 Å². The number of rotatable bonds is 4. The first-order chi connectivity index (χ1) is 10.7. The van der Waals surface area contributed by atoms with Gasteiger partial charge in [-0.05, 0) is 39.0 Å². The second-order valence-corrected chi connectivity index (χ2v) is 7.33. The van der Waals surface area contributed by atoms with Gasteiger partial charge in [0.15, 0.2) is 0 Å². The Morgan fingerprint density at radius 3 is 2.55 bits per heavy atom. The average molecular weight is 309 g/mol. The van der Waals surface area contributed by atoms with Gasteiger partial charge in [0.05, 0.1) is 6.10 Å². The smallest absolute Gasteiger partial charge is 0.225 e. The summed E-state index contributed by atoms with van der Waals surface area (Å²) >= 11 is 0. The van der Waals surface area contributed by atoms with E-state index in [1.165, 1.54) is 32.1 Å². The molecule has 1 amide bonds. The lowest BCUT2D eigenvalue weighted by Crippen LogP contribution is -2.66. The van der Waals surface area contributed by atoms with Gasteiger partial charge in [-0.25, -0.2) is 0 Å². The average Bonchev–Trinajstić information content (AvgIpc) is 2.58. The topological polar surface area (TPSA) is 38.8 Å². The van der Waals surface area contributed by atoms with Crippen LogP contribution in [0.5, 0.6) is 0 Å². The molecular formula is C18H31NO3. The van der Waals surface area contributed by atoms with Crippen LogP contribution in [0.4, 0.5) is 0 Å². The molecule has 3 rings (SSSR count). The Labute approximate surface area is 134 Å². The van der Waals surface area contributed by atoms with Gasteiger partial charge in [-0.1, -0.05) is 19.3 Å². The summed E-state index contributed by atoms with van der Waals surface area (Å²) in [6, 6.07) is 0.389. The van der Waals surface area contributed by atoms with Gasteiger partial charge in [0.2, 0.25) is 5.91 Å². The lowest BCUT2D eigenvalue weighted by Gasteiger charge is -2.60. The van der Waals surface area contributed by atoms with Crippen LogP contribution >= 0.6 is 0 Å². The van der Waals surface area contributed by atoms with Crippen molar-refractivity contribution in [2.75, 3.05) is 26.9 Å². The van der Waals surface area contributed by atoms with Crippen LogP contribution in [0.2, 0.25) is 0 Å². The SMILES string of the molecule is CCO[C@@H]1C[C@H](N(C)C(=O)C2CCOCC2)C12CCCCC2. The Hall–Kier alpha value is -0.610. The molecule has 0 bridgehead atoms. The fraction of sp³-hybridized carbons (Fsp3) is 0.944. The Kier molecular flexibility index (Phi) is 5.08. The predicted molar refractivity (Wildman–Crippen MR) is 85.7 cm³/mol. The van der Waals surface area contributed by atoms with E-state index in [0.29, 0.717) is 18.1 Å². The molecule has 1 saturated heterocycles. The first kappa shape index (κ1) is 16.3.